The number of rotatable bonds is 5. The summed E-state index contributed by atoms with van der Waals surface area (Å²) in [5.74, 6) is -1.08. The quantitative estimate of drug-likeness (QED) is 0.829. The van der Waals surface area contributed by atoms with Gasteiger partial charge < -0.3 is 10.4 Å². The van der Waals surface area contributed by atoms with E-state index in [1.54, 1.807) is 0 Å². The standard InChI is InChI=1S/C14H18N2O2/c1-10(2)12(8-15)14(18)16-13(9-17)11-6-4-3-5-7-11/h3-7,10,12-13,17H,9H2,1-2H3,(H,16,18)/t12?,13-/m1/s1. The number of benzene rings is 1. The molecule has 0 spiro atoms. The van der Waals surface area contributed by atoms with Gasteiger partial charge in [-0.15, -0.1) is 0 Å². The maximum atomic E-state index is 11.9. The van der Waals surface area contributed by atoms with E-state index < -0.39 is 12.0 Å². The minimum absolute atomic E-state index is 0.0508. The maximum absolute atomic E-state index is 11.9. The van der Waals surface area contributed by atoms with Crippen molar-refractivity contribution in [3.63, 3.8) is 0 Å². The summed E-state index contributed by atoms with van der Waals surface area (Å²) in [6, 6.07) is 10.7. The molecule has 0 aliphatic carbocycles. The lowest BCUT2D eigenvalue weighted by atomic mass is 9.96. The van der Waals surface area contributed by atoms with Crippen LogP contribution in [0.15, 0.2) is 30.3 Å². The number of carbonyl (C=O) groups is 1. The molecule has 18 heavy (non-hydrogen) atoms. The normalized spacial score (nSPS) is 13.7. The van der Waals surface area contributed by atoms with Crippen molar-refractivity contribution in [3.8, 4) is 6.07 Å². The fourth-order valence-electron chi connectivity index (χ4n) is 1.69. The van der Waals surface area contributed by atoms with E-state index in [1.807, 2.05) is 50.2 Å². The van der Waals surface area contributed by atoms with Gasteiger partial charge in [-0.25, -0.2) is 0 Å². The number of hydrogen-bond acceptors (Lipinski definition) is 3. The molecule has 1 aromatic carbocycles. The molecule has 1 unspecified atom stereocenters. The lowest BCUT2D eigenvalue weighted by molar-refractivity contribution is -0.125. The Bertz CT molecular complexity index is 423. The van der Waals surface area contributed by atoms with Crippen molar-refractivity contribution in [2.24, 2.45) is 11.8 Å². The average molecular weight is 246 g/mol. The summed E-state index contributed by atoms with van der Waals surface area (Å²) in [6.07, 6.45) is 0. The van der Waals surface area contributed by atoms with Crippen LogP contribution in [0, 0.1) is 23.2 Å². The topological polar surface area (TPSA) is 73.1 Å². The number of nitrogens with one attached hydrogen (secondary N) is 1. The highest BCUT2D eigenvalue weighted by atomic mass is 16.3. The first-order chi connectivity index (χ1) is 8.60. The molecule has 96 valence electrons. The van der Waals surface area contributed by atoms with Gasteiger partial charge in [0.05, 0.1) is 18.7 Å². The number of hydrogen-bond donors (Lipinski definition) is 2. The first kappa shape index (κ1) is 14.2. The number of amides is 1. The van der Waals surface area contributed by atoms with Crippen LogP contribution < -0.4 is 5.32 Å². The fourth-order valence-corrected chi connectivity index (χ4v) is 1.69. The van der Waals surface area contributed by atoms with E-state index in [4.69, 9.17) is 5.26 Å². The van der Waals surface area contributed by atoms with Crippen LogP contribution in [0.4, 0.5) is 0 Å². The number of nitriles is 1. The highest BCUT2D eigenvalue weighted by molar-refractivity contribution is 5.81. The molecule has 4 nitrogen and oxygen atoms in total. The van der Waals surface area contributed by atoms with Gasteiger partial charge in [0.15, 0.2) is 0 Å². The van der Waals surface area contributed by atoms with Gasteiger partial charge >= 0.3 is 0 Å². The summed E-state index contributed by atoms with van der Waals surface area (Å²) < 4.78 is 0. The smallest absolute Gasteiger partial charge is 0.238 e. The minimum Gasteiger partial charge on any atom is -0.394 e. The summed E-state index contributed by atoms with van der Waals surface area (Å²) in [5, 5.41) is 21.0. The van der Waals surface area contributed by atoms with E-state index in [0.717, 1.165) is 5.56 Å². The number of aliphatic hydroxyl groups is 1. The van der Waals surface area contributed by atoms with Crippen LogP contribution in [0.5, 0.6) is 0 Å². The zero-order valence-electron chi connectivity index (χ0n) is 10.6. The lowest BCUT2D eigenvalue weighted by Crippen LogP contribution is -2.37. The van der Waals surface area contributed by atoms with Gasteiger partial charge in [0.25, 0.3) is 0 Å². The molecular formula is C14H18N2O2. The van der Waals surface area contributed by atoms with E-state index >= 15 is 0 Å². The molecule has 1 aromatic rings. The molecule has 0 heterocycles. The minimum atomic E-state index is -0.692. The zero-order chi connectivity index (χ0) is 13.5. The van der Waals surface area contributed by atoms with Crippen LogP contribution in [0.1, 0.15) is 25.5 Å². The van der Waals surface area contributed by atoms with Gasteiger partial charge in [-0.2, -0.15) is 5.26 Å². The first-order valence-corrected chi connectivity index (χ1v) is 5.96. The van der Waals surface area contributed by atoms with Gasteiger partial charge in [0.1, 0.15) is 5.92 Å². The Morgan fingerprint density at radius 2 is 2.00 bits per heavy atom. The molecule has 2 N–H and O–H groups in total. The molecule has 0 saturated carbocycles. The largest absolute Gasteiger partial charge is 0.394 e. The van der Waals surface area contributed by atoms with Crippen molar-refractivity contribution >= 4 is 5.91 Å². The molecule has 4 heteroatoms. The summed E-state index contributed by atoms with van der Waals surface area (Å²) in [5.41, 5.74) is 0.828. The summed E-state index contributed by atoms with van der Waals surface area (Å²) in [7, 11) is 0. The number of carbonyl (C=O) groups excluding carboxylic acids is 1. The molecular weight excluding hydrogens is 228 g/mol. The second-order valence-electron chi connectivity index (χ2n) is 4.51. The molecule has 0 aromatic heterocycles. The third kappa shape index (κ3) is 3.57. The predicted octanol–water partition coefficient (Wildman–Crippen LogP) is 1.63. The van der Waals surface area contributed by atoms with Crippen LogP contribution in [0.25, 0.3) is 0 Å². The molecule has 0 fully saturated rings. The van der Waals surface area contributed by atoms with Gasteiger partial charge in [0, 0.05) is 0 Å². The molecule has 0 radical (unpaired) electrons. The highest BCUT2D eigenvalue weighted by Crippen LogP contribution is 2.15. The van der Waals surface area contributed by atoms with E-state index in [2.05, 4.69) is 5.32 Å². The van der Waals surface area contributed by atoms with Gasteiger partial charge in [-0.3, -0.25) is 4.79 Å². The Morgan fingerprint density at radius 1 is 1.39 bits per heavy atom. The average Bonchev–Trinajstić information content (AvgIpc) is 2.37. The maximum Gasteiger partial charge on any atom is 0.238 e. The fraction of sp³-hybridized carbons (Fsp3) is 0.429. The SMILES string of the molecule is CC(C)C(C#N)C(=O)N[C@H](CO)c1ccccc1. The molecule has 1 rings (SSSR count). The molecule has 0 aliphatic rings. The van der Waals surface area contributed by atoms with Gasteiger partial charge in [-0.1, -0.05) is 44.2 Å². The third-order valence-corrected chi connectivity index (χ3v) is 2.79. The van der Waals surface area contributed by atoms with Crippen molar-refractivity contribution in [2.45, 2.75) is 19.9 Å². The van der Waals surface area contributed by atoms with E-state index in [1.165, 1.54) is 0 Å². The Kier molecular flexibility index (Phi) is 5.34. The third-order valence-electron chi connectivity index (χ3n) is 2.79. The van der Waals surface area contributed by atoms with Crippen molar-refractivity contribution < 1.29 is 9.90 Å². The Morgan fingerprint density at radius 3 is 2.44 bits per heavy atom. The van der Waals surface area contributed by atoms with Crippen LogP contribution in [0.3, 0.4) is 0 Å². The van der Waals surface area contributed by atoms with E-state index in [0.29, 0.717) is 0 Å². The van der Waals surface area contributed by atoms with Crippen molar-refractivity contribution in [2.75, 3.05) is 6.61 Å². The van der Waals surface area contributed by atoms with E-state index in [-0.39, 0.29) is 18.4 Å². The highest BCUT2D eigenvalue weighted by Gasteiger charge is 2.24. The van der Waals surface area contributed by atoms with Crippen molar-refractivity contribution in [1.82, 2.24) is 5.32 Å². The van der Waals surface area contributed by atoms with Crippen LogP contribution in [-0.4, -0.2) is 17.6 Å². The summed E-state index contributed by atoms with van der Waals surface area (Å²) >= 11 is 0. The van der Waals surface area contributed by atoms with Crippen LogP contribution >= 0.6 is 0 Å². The van der Waals surface area contributed by atoms with Crippen molar-refractivity contribution in [3.05, 3.63) is 35.9 Å². The lowest BCUT2D eigenvalue weighted by Gasteiger charge is -2.20. The van der Waals surface area contributed by atoms with Gasteiger partial charge in [0.2, 0.25) is 5.91 Å². The Balaban J connectivity index is 2.76. The molecule has 2 atom stereocenters. The summed E-state index contributed by atoms with van der Waals surface area (Å²) in [6.45, 7) is 3.46. The van der Waals surface area contributed by atoms with Crippen LogP contribution in [0.2, 0.25) is 0 Å². The molecule has 0 aliphatic heterocycles. The Labute approximate surface area is 107 Å². The Hall–Kier alpha value is -1.86. The summed E-state index contributed by atoms with van der Waals surface area (Å²) in [4.78, 5) is 11.9. The van der Waals surface area contributed by atoms with Crippen molar-refractivity contribution in [1.29, 1.82) is 5.26 Å². The zero-order valence-corrected chi connectivity index (χ0v) is 10.6. The predicted molar refractivity (Wildman–Crippen MR) is 68.4 cm³/mol. The van der Waals surface area contributed by atoms with E-state index in [9.17, 15) is 9.90 Å². The number of nitrogens with zero attached hydrogens (tertiary/aromatic N) is 1. The second-order valence-corrected chi connectivity index (χ2v) is 4.51. The monoisotopic (exact) mass is 246 g/mol. The van der Waals surface area contributed by atoms with Crippen LogP contribution in [-0.2, 0) is 4.79 Å². The molecule has 0 bridgehead atoms. The van der Waals surface area contributed by atoms with Gasteiger partial charge in [-0.05, 0) is 11.5 Å². The molecule has 0 saturated heterocycles. The first-order valence-electron chi connectivity index (χ1n) is 5.96. The number of aliphatic hydroxyl groups excluding tert-OH is 1. The second kappa shape index (κ2) is 6.77. The molecule has 1 amide bonds.